The first kappa shape index (κ1) is 15.3. The molecule has 3 aromatic rings. The van der Waals surface area contributed by atoms with Crippen molar-refractivity contribution in [2.75, 3.05) is 0 Å². The first-order chi connectivity index (χ1) is 11.0. The Morgan fingerprint density at radius 3 is 2.13 bits per heavy atom. The molecule has 23 heavy (non-hydrogen) atoms. The Morgan fingerprint density at radius 1 is 1.04 bits per heavy atom. The Balaban J connectivity index is 1.85. The van der Waals surface area contributed by atoms with Gasteiger partial charge >= 0.3 is 5.97 Å². The van der Waals surface area contributed by atoms with Gasteiger partial charge in [-0.25, -0.2) is 9.37 Å². The molecule has 0 spiro atoms. The van der Waals surface area contributed by atoms with Crippen molar-refractivity contribution in [3.05, 3.63) is 66.4 Å². The van der Waals surface area contributed by atoms with Gasteiger partial charge in [0.15, 0.2) is 11.0 Å². The van der Waals surface area contributed by atoms with Gasteiger partial charge in [-0.3, -0.25) is 4.79 Å². The quantitative estimate of drug-likeness (QED) is 0.704. The third-order valence-electron chi connectivity index (χ3n) is 3.34. The Morgan fingerprint density at radius 2 is 1.57 bits per heavy atom. The van der Waals surface area contributed by atoms with Gasteiger partial charge in [0.25, 0.3) is 0 Å². The molecule has 0 fully saturated rings. The summed E-state index contributed by atoms with van der Waals surface area (Å²) in [6.45, 7) is 0. The minimum atomic E-state index is -1.12. The molecular weight excluding hydrogens is 317 g/mol. The zero-order valence-corrected chi connectivity index (χ0v) is 12.7. The van der Waals surface area contributed by atoms with Gasteiger partial charge in [-0.2, -0.15) is 12.6 Å². The van der Waals surface area contributed by atoms with Crippen LogP contribution in [0.15, 0.2) is 59.1 Å². The number of oxazole rings is 1. The number of halogens is 1. The molecule has 0 amide bonds. The zero-order valence-electron chi connectivity index (χ0n) is 11.8. The maximum absolute atomic E-state index is 12.9. The molecule has 1 atom stereocenters. The number of benzene rings is 2. The Hall–Kier alpha value is -2.60. The van der Waals surface area contributed by atoms with E-state index in [-0.39, 0.29) is 11.7 Å². The lowest BCUT2D eigenvalue weighted by Gasteiger charge is -2.03. The molecule has 6 heteroatoms. The van der Waals surface area contributed by atoms with E-state index in [1.165, 1.54) is 18.3 Å². The summed E-state index contributed by atoms with van der Waals surface area (Å²) in [5.74, 6) is -0.892. The van der Waals surface area contributed by atoms with Gasteiger partial charge in [-0.1, -0.05) is 36.4 Å². The van der Waals surface area contributed by atoms with Crippen LogP contribution in [-0.4, -0.2) is 16.1 Å². The van der Waals surface area contributed by atoms with E-state index >= 15 is 0 Å². The van der Waals surface area contributed by atoms with Crippen LogP contribution in [0.2, 0.25) is 0 Å². The zero-order chi connectivity index (χ0) is 16.4. The van der Waals surface area contributed by atoms with E-state index in [0.29, 0.717) is 5.76 Å². The molecule has 0 bridgehead atoms. The minimum Gasteiger partial charge on any atom is -0.480 e. The van der Waals surface area contributed by atoms with Gasteiger partial charge in [-0.05, 0) is 23.3 Å². The van der Waals surface area contributed by atoms with E-state index in [2.05, 4.69) is 17.6 Å². The second-order valence-corrected chi connectivity index (χ2v) is 5.40. The first-order valence-corrected chi connectivity index (χ1v) is 7.29. The van der Waals surface area contributed by atoms with Crippen molar-refractivity contribution in [2.45, 2.75) is 5.25 Å². The lowest BCUT2D eigenvalue weighted by molar-refractivity contribution is -0.136. The van der Waals surface area contributed by atoms with Crippen LogP contribution < -0.4 is 0 Å². The van der Waals surface area contributed by atoms with E-state index in [9.17, 15) is 9.18 Å². The first-order valence-electron chi connectivity index (χ1n) is 6.77. The second-order valence-electron chi connectivity index (χ2n) is 4.89. The van der Waals surface area contributed by atoms with E-state index in [4.69, 9.17) is 9.52 Å². The lowest BCUT2D eigenvalue weighted by Crippen LogP contribution is -2.04. The number of aromatic nitrogens is 1. The predicted molar refractivity (Wildman–Crippen MR) is 86.7 cm³/mol. The molecule has 116 valence electrons. The van der Waals surface area contributed by atoms with Crippen molar-refractivity contribution < 1.29 is 18.7 Å². The molecule has 1 heterocycles. The van der Waals surface area contributed by atoms with Gasteiger partial charge < -0.3 is 9.52 Å². The second kappa shape index (κ2) is 6.26. The van der Waals surface area contributed by atoms with Crippen molar-refractivity contribution in [1.82, 2.24) is 4.98 Å². The minimum absolute atomic E-state index is 0.0402. The summed E-state index contributed by atoms with van der Waals surface area (Å²) in [5.41, 5.74) is 2.60. The number of hydrogen-bond acceptors (Lipinski definition) is 4. The summed E-state index contributed by atoms with van der Waals surface area (Å²) >= 11 is 3.93. The summed E-state index contributed by atoms with van der Waals surface area (Å²) in [7, 11) is 0. The molecule has 0 saturated carbocycles. The summed E-state index contributed by atoms with van der Waals surface area (Å²) in [6.07, 6.45) is 1.47. The molecule has 0 radical (unpaired) electrons. The van der Waals surface area contributed by atoms with Gasteiger partial charge in [0, 0.05) is 5.56 Å². The topological polar surface area (TPSA) is 63.3 Å². The summed E-state index contributed by atoms with van der Waals surface area (Å²) in [6, 6.07) is 13.6. The smallest absolute Gasteiger partial charge is 0.325 e. The number of carboxylic acids is 1. The number of hydrogen-bond donors (Lipinski definition) is 2. The van der Waals surface area contributed by atoms with Crippen molar-refractivity contribution in [2.24, 2.45) is 0 Å². The highest BCUT2D eigenvalue weighted by Gasteiger charge is 2.21. The number of aliphatic carboxylic acids is 1. The number of carboxylic acid groups (broad SMARTS) is 1. The molecular formula is C17H12FNO3S. The van der Waals surface area contributed by atoms with Crippen molar-refractivity contribution in [3.63, 3.8) is 0 Å². The highest BCUT2D eigenvalue weighted by Crippen LogP contribution is 2.28. The normalized spacial score (nSPS) is 12.1. The lowest BCUT2D eigenvalue weighted by atomic mass is 10.0. The largest absolute Gasteiger partial charge is 0.480 e. The van der Waals surface area contributed by atoms with Crippen LogP contribution in [0.3, 0.4) is 0 Å². The molecule has 3 rings (SSSR count). The molecule has 0 aliphatic carbocycles. The van der Waals surface area contributed by atoms with Gasteiger partial charge in [0.1, 0.15) is 5.82 Å². The summed E-state index contributed by atoms with van der Waals surface area (Å²) in [4.78, 5) is 14.8. The third kappa shape index (κ3) is 3.27. The monoisotopic (exact) mass is 329 g/mol. The number of carbonyl (C=O) groups is 1. The fourth-order valence-electron chi connectivity index (χ4n) is 2.12. The maximum atomic E-state index is 12.9. The van der Waals surface area contributed by atoms with Crippen molar-refractivity contribution in [3.8, 4) is 22.5 Å². The molecule has 0 aliphatic heterocycles. The molecule has 0 aliphatic rings. The van der Waals surface area contributed by atoms with Crippen LogP contribution >= 0.6 is 12.6 Å². The third-order valence-corrected chi connectivity index (χ3v) is 3.78. The Bertz CT molecular complexity index is 828. The van der Waals surface area contributed by atoms with E-state index < -0.39 is 11.2 Å². The molecule has 1 N–H and O–H groups in total. The van der Waals surface area contributed by atoms with Gasteiger partial charge in [0.05, 0.1) is 6.20 Å². The fourth-order valence-corrected chi connectivity index (χ4v) is 2.24. The highest BCUT2D eigenvalue weighted by molar-refractivity contribution is 7.81. The van der Waals surface area contributed by atoms with E-state index in [0.717, 1.165) is 16.7 Å². The average Bonchev–Trinajstić information content (AvgIpc) is 3.05. The highest BCUT2D eigenvalue weighted by atomic mass is 32.1. The predicted octanol–water partition coefficient (Wildman–Crippen LogP) is 4.20. The Kier molecular flexibility index (Phi) is 4.16. The summed E-state index contributed by atoms with van der Waals surface area (Å²) in [5, 5.41) is 7.80. The van der Waals surface area contributed by atoms with Gasteiger partial charge in [0.2, 0.25) is 5.89 Å². The van der Waals surface area contributed by atoms with Crippen LogP contribution in [0.1, 0.15) is 11.1 Å². The van der Waals surface area contributed by atoms with Gasteiger partial charge in [-0.15, -0.1) is 0 Å². The van der Waals surface area contributed by atoms with Crippen LogP contribution in [0.4, 0.5) is 4.39 Å². The molecule has 1 aromatic heterocycles. The maximum Gasteiger partial charge on any atom is 0.325 e. The molecule has 1 unspecified atom stereocenters. The van der Waals surface area contributed by atoms with Crippen molar-refractivity contribution in [1.29, 1.82) is 0 Å². The van der Waals surface area contributed by atoms with E-state index in [1.807, 2.05) is 24.3 Å². The number of nitrogens with zero attached hydrogens (tertiary/aromatic N) is 1. The van der Waals surface area contributed by atoms with Crippen LogP contribution in [0.5, 0.6) is 0 Å². The fraction of sp³-hybridized carbons (Fsp3) is 0.0588. The van der Waals surface area contributed by atoms with Crippen LogP contribution in [-0.2, 0) is 4.79 Å². The van der Waals surface area contributed by atoms with Crippen LogP contribution in [0.25, 0.3) is 22.5 Å². The molecule has 0 saturated heterocycles. The van der Waals surface area contributed by atoms with E-state index in [1.54, 1.807) is 12.1 Å². The molecule has 4 nitrogen and oxygen atoms in total. The average molecular weight is 329 g/mol. The number of thiol groups is 1. The number of rotatable bonds is 4. The Labute approximate surface area is 137 Å². The standard InChI is InChI=1S/C17H12FNO3S/c18-13-7-5-11(6-8-13)10-1-3-12(4-2-10)14-9-19-16(22-14)15(23)17(20)21/h1-9,15,23H,(H,20,21). The summed E-state index contributed by atoms with van der Waals surface area (Å²) < 4.78 is 18.4. The molecule has 2 aromatic carbocycles. The van der Waals surface area contributed by atoms with Crippen molar-refractivity contribution >= 4 is 18.6 Å². The SMILES string of the molecule is O=C(O)C(S)c1ncc(-c2ccc(-c3ccc(F)cc3)cc2)o1. The van der Waals surface area contributed by atoms with Crippen LogP contribution in [0, 0.1) is 5.82 Å².